The van der Waals surface area contributed by atoms with Crippen LogP contribution >= 0.6 is 0 Å². The lowest BCUT2D eigenvalue weighted by Crippen LogP contribution is -2.24. The Balaban J connectivity index is 1.95. The third kappa shape index (κ3) is 6.49. The van der Waals surface area contributed by atoms with Crippen LogP contribution in [0.5, 0.6) is 17.2 Å². The molecule has 0 bridgehead atoms. The molecule has 0 fully saturated rings. The summed E-state index contributed by atoms with van der Waals surface area (Å²) in [6.07, 6.45) is 1.45. The fraction of sp³-hybridized carbons (Fsp3) is 0.300. The van der Waals surface area contributed by atoms with E-state index >= 15 is 0 Å². The van der Waals surface area contributed by atoms with E-state index in [1.807, 2.05) is 13.8 Å². The van der Waals surface area contributed by atoms with Crippen molar-refractivity contribution in [3.8, 4) is 17.2 Å². The summed E-state index contributed by atoms with van der Waals surface area (Å²) in [5.74, 6) is 0.683. The SMILES string of the molecule is CCOc1ccc(C=NNC(=O)COc2ccc(C)cc2[N+](=O)[O-])cc1OCC. The molecule has 0 heterocycles. The van der Waals surface area contributed by atoms with Gasteiger partial charge in [-0.2, -0.15) is 5.10 Å². The van der Waals surface area contributed by atoms with Crippen LogP contribution in [0.4, 0.5) is 5.69 Å². The highest BCUT2D eigenvalue weighted by Crippen LogP contribution is 2.28. The molecule has 1 amide bonds. The molecule has 29 heavy (non-hydrogen) atoms. The molecule has 2 rings (SSSR count). The van der Waals surface area contributed by atoms with Gasteiger partial charge in [-0.1, -0.05) is 6.07 Å². The van der Waals surface area contributed by atoms with Gasteiger partial charge in [0.2, 0.25) is 0 Å². The second kappa shape index (κ2) is 10.6. The molecule has 0 spiro atoms. The standard InChI is InChI=1S/C20H23N3O6/c1-4-27-18-9-7-15(11-19(18)28-5-2)12-21-22-20(24)13-29-17-8-6-14(3)10-16(17)23(25)26/h6-12H,4-5,13H2,1-3H3,(H,22,24). The Morgan fingerprint density at radius 2 is 1.76 bits per heavy atom. The van der Waals surface area contributed by atoms with Crippen molar-refractivity contribution in [3.63, 3.8) is 0 Å². The number of hydrazone groups is 1. The Hall–Kier alpha value is -3.62. The smallest absolute Gasteiger partial charge is 0.311 e. The maximum absolute atomic E-state index is 11.9. The summed E-state index contributed by atoms with van der Waals surface area (Å²) in [6, 6.07) is 9.79. The zero-order valence-corrected chi connectivity index (χ0v) is 16.5. The van der Waals surface area contributed by atoms with Crippen molar-refractivity contribution >= 4 is 17.8 Å². The molecule has 0 saturated heterocycles. The Morgan fingerprint density at radius 3 is 2.45 bits per heavy atom. The van der Waals surface area contributed by atoms with E-state index in [1.54, 1.807) is 31.2 Å². The Kier molecular flexibility index (Phi) is 7.96. The molecule has 0 unspecified atom stereocenters. The van der Waals surface area contributed by atoms with E-state index in [-0.39, 0.29) is 11.4 Å². The lowest BCUT2D eigenvalue weighted by atomic mass is 10.2. The summed E-state index contributed by atoms with van der Waals surface area (Å²) >= 11 is 0. The van der Waals surface area contributed by atoms with Crippen LogP contribution in [0.15, 0.2) is 41.5 Å². The molecule has 0 saturated carbocycles. The average molecular weight is 401 g/mol. The van der Waals surface area contributed by atoms with Gasteiger partial charge in [-0.05, 0) is 56.2 Å². The minimum Gasteiger partial charge on any atom is -0.490 e. The van der Waals surface area contributed by atoms with Crippen molar-refractivity contribution in [2.24, 2.45) is 5.10 Å². The van der Waals surface area contributed by atoms with Crippen LogP contribution in [0.3, 0.4) is 0 Å². The van der Waals surface area contributed by atoms with Crippen LogP contribution < -0.4 is 19.6 Å². The Bertz CT molecular complexity index is 898. The number of nitrogens with one attached hydrogen (secondary N) is 1. The van der Waals surface area contributed by atoms with Gasteiger partial charge in [0.1, 0.15) is 0 Å². The number of nitro groups is 1. The van der Waals surface area contributed by atoms with Crippen molar-refractivity contribution in [3.05, 3.63) is 57.6 Å². The molecular formula is C20H23N3O6. The molecule has 2 aromatic carbocycles. The molecule has 9 nitrogen and oxygen atoms in total. The molecule has 0 radical (unpaired) electrons. The van der Waals surface area contributed by atoms with E-state index < -0.39 is 17.4 Å². The lowest BCUT2D eigenvalue weighted by molar-refractivity contribution is -0.385. The van der Waals surface area contributed by atoms with E-state index in [1.165, 1.54) is 18.3 Å². The first-order chi connectivity index (χ1) is 13.9. The maximum atomic E-state index is 11.9. The van der Waals surface area contributed by atoms with Gasteiger partial charge in [0, 0.05) is 6.07 Å². The first-order valence-electron chi connectivity index (χ1n) is 9.04. The molecule has 2 aromatic rings. The topological polar surface area (TPSA) is 112 Å². The number of nitrogens with zero attached hydrogens (tertiary/aromatic N) is 2. The second-order valence-corrected chi connectivity index (χ2v) is 5.88. The fourth-order valence-electron chi connectivity index (χ4n) is 2.39. The van der Waals surface area contributed by atoms with Gasteiger partial charge in [0.25, 0.3) is 5.91 Å². The van der Waals surface area contributed by atoms with Crippen molar-refractivity contribution in [2.75, 3.05) is 19.8 Å². The van der Waals surface area contributed by atoms with Gasteiger partial charge < -0.3 is 14.2 Å². The summed E-state index contributed by atoms with van der Waals surface area (Å²) < 4.78 is 16.3. The third-order valence-corrected chi connectivity index (χ3v) is 3.64. The monoisotopic (exact) mass is 401 g/mol. The van der Waals surface area contributed by atoms with Gasteiger partial charge >= 0.3 is 5.69 Å². The van der Waals surface area contributed by atoms with Crippen LogP contribution in [0.25, 0.3) is 0 Å². The average Bonchev–Trinajstić information content (AvgIpc) is 2.69. The summed E-state index contributed by atoms with van der Waals surface area (Å²) in [5.41, 5.74) is 3.54. The van der Waals surface area contributed by atoms with E-state index in [9.17, 15) is 14.9 Å². The number of amides is 1. The van der Waals surface area contributed by atoms with E-state index in [4.69, 9.17) is 14.2 Å². The molecule has 0 atom stereocenters. The van der Waals surface area contributed by atoms with Gasteiger partial charge in [-0.3, -0.25) is 14.9 Å². The predicted octanol–water partition coefficient (Wildman–Crippen LogP) is 3.23. The van der Waals surface area contributed by atoms with Crippen molar-refractivity contribution in [1.29, 1.82) is 0 Å². The van der Waals surface area contributed by atoms with Crippen LogP contribution in [0.2, 0.25) is 0 Å². The lowest BCUT2D eigenvalue weighted by Gasteiger charge is -2.11. The van der Waals surface area contributed by atoms with Crippen LogP contribution in [0, 0.1) is 17.0 Å². The number of carbonyl (C=O) groups is 1. The highest BCUT2D eigenvalue weighted by Gasteiger charge is 2.16. The minimum atomic E-state index is -0.555. The fourth-order valence-corrected chi connectivity index (χ4v) is 2.39. The summed E-state index contributed by atoms with van der Waals surface area (Å²) in [4.78, 5) is 22.4. The molecule has 0 aliphatic rings. The first kappa shape index (κ1) is 21.7. The van der Waals surface area contributed by atoms with Crippen LogP contribution in [-0.4, -0.2) is 36.9 Å². The van der Waals surface area contributed by atoms with Crippen LogP contribution in [0.1, 0.15) is 25.0 Å². The van der Waals surface area contributed by atoms with E-state index in [2.05, 4.69) is 10.5 Å². The number of aryl methyl sites for hydroxylation is 1. The van der Waals surface area contributed by atoms with Gasteiger partial charge in [-0.25, -0.2) is 5.43 Å². The predicted molar refractivity (Wildman–Crippen MR) is 108 cm³/mol. The highest BCUT2D eigenvalue weighted by molar-refractivity contribution is 5.83. The Labute approximate surface area is 168 Å². The number of hydrogen-bond acceptors (Lipinski definition) is 7. The van der Waals surface area contributed by atoms with Gasteiger partial charge in [0.15, 0.2) is 23.9 Å². The van der Waals surface area contributed by atoms with Crippen molar-refractivity contribution < 1.29 is 23.9 Å². The summed E-state index contributed by atoms with van der Waals surface area (Å²) in [7, 11) is 0. The molecular weight excluding hydrogens is 378 g/mol. The van der Waals surface area contributed by atoms with E-state index in [0.717, 1.165) is 5.56 Å². The number of carbonyl (C=O) groups excluding carboxylic acids is 1. The molecule has 0 aliphatic carbocycles. The largest absolute Gasteiger partial charge is 0.490 e. The number of benzene rings is 2. The molecule has 9 heteroatoms. The van der Waals surface area contributed by atoms with Gasteiger partial charge in [-0.15, -0.1) is 0 Å². The first-order valence-corrected chi connectivity index (χ1v) is 9.04. The second-order valence-electron chi connectivity index (χ2n) is 5.88. The summed E-state index contributed by atoms with van der Waals surface area (Å²) in [5, 5.41) is 14.9. The van der Waals surface area contributed by atoms with Crippen LogP contribution in [-0.2, 0) is 4.79 Å². The molecule has 0 aromatic heterocycles. The third-order valence-electron chi connectivity index (χ3n) is 3.64. The number of ether oxygens (including phenoxy) is 3. The van der Waals surface area contributed by atoms with Gasteiger partial charge in [0.05, 0.1) is 24.4 Å². The highest BCUT2D eigenvalue weighted by atomic mass is 16.6. The minimum absolute atomic E-state index is 0.0209. The van der Waals surface area contributed by atoms with E-state index in [0.29, 0.717) is 30.3 Å². The van der Waals surface area contributed by atoms with Crippen molar-refractivity contribution in [1.82, 2.24) is 5.43 Å². The number of hydrogen-bond donors (Lipinski definition) is 1. The number of nitro benzene ring substituents is 1. The molecule has 0 aliphatic heterocycles. The quantitative estimate of drug-likeness (QED) is 0.372. The zero-order valence-electron chi connectivity index (χ0n) is 16.5. The zero-order chi connectivity index (χ0) is 21.2. The number of rotatable bonds is 10. The normalized spacial score (nSPS) is 10.6. The Morgan fingerprint density at radius 1 is 1.07 bits per heavy atom. The van der Waals surface area contributed by atoms with Crippen molar-refractivity contribution in [2.45, 2.75) is 20.8 Å². The summed E-state index contributed by atoms with van der Waals surface area (Å²) in [6.45, 7) is 6.08. The molecule has 154 valence electrons. The molecule has 1 N–H and O–H groups in total. The maximum Gasteiger partial charge on any atom is 0.311 e.